The molecule has 1 N–H and O–H groups in total. The van der Waals surface area contributed by atoms with Gasteiger partial charge in [0.05, 0.1) is 6.61 Å². The fourth-order valence-electron chi connectivity index (χ4n) is 7.23. The van der Waals surface area contributed by atoms with Crippen LogP contribution in [0.1, 0.15) is 76.8 Å². The normalized spacial score (nSPS) is 40.0. The monoisotopic (exact) mass is 428 g/mol. The minimum atomic E-state index is -1.81. The van der Waals surface area contributed by atoms with Gasteiger partial charge in [-0.3, -0.25) is 0 Å². The largest absolute Gasteiger partial charge is 0.543 e. The number of hydrogen-bond donors (Lipinski definition) is 1. The third-order valence-electron chi connectivity index (χ3n) is 10.0. The number of fused-ring (bicyclic) bond motifs is 6. The third kappa shape index (κ3) is 2.82. The molecule has 3 fully saturated rings. The van der Waals surface area contributed by atoms with Crippen molar-refractivity contribution in [3.05, 3.63) is 29.3 Å². The summed E-state index contributed by atoms with van der Waals surface area (Å²) in [6, 6.07) is 7.01. The molecule has 1 saturated heterocycles. The van der Waals surface area contributed by atoms with E-state index >= 15 is 0 Å². The molecule has 2 saturated carbocycles. The van der Waals surface area contributed by atoms with Crippen molar-refractivity contribution in [2.75, 3.05) is 6.61 Å². The molecule has 0 radical (unpaired) electrons. The Hall–Kier alpha value is -0.843. The molecule has 4 aliphatic rings. The summed E-state index contributed by atoms with van der Waals surface area (Å²) in [7, 11) is -1.81. The van der Waals surface area contributed by atoms with Gasteiger partial charge in [0.2, 0.25) is 8.32 Å². The second-order valence-electron chi connectivity index (χ2n) is 12.3. The van der Waals surface area contributed by atoms with Crippen LogP contribution in [0.4, 0.5) is 0 Å². The lowest BCUT2D eigenvalue weighted by atomic mass is 9.53. The van der Waals surface area contributed by atoms with Gasteiger partial charge in [0, 0.05) is 5.41 Å². The van der Waals surface area contributed by atoms with E-state index in [1.54, 1.807) is 5.56 Å². The quantitative estimate of drug-likeness (QED) is 0.470. The highest BCUT2D eigenvalue weighted by Gasteiger charge is 2.73. The van der Waals surface area contributed by atoms with E-state index in [0.29, 0.717) is 5.92 Å². The molecular formula is C26H40O3Si. The smallest absolute Gasteiger partial charge is 0.250 e. The lowest BCUT2D eigenvalue weighted by Crippen LogP contribution is -2.46. The predicted molar refractivity (Wildman–Crippen MR) is 124 cm³/mol. The van der Waals surface area contributed by atoms with Gasteiger partial charge in [-0.05, 0) is 97.7 Å². The van der Waals surface area contributed by atoms with Gasteiger partial charge in [0.1, 0.15) is 17.5 Å². The summed E-state index contributed by atoms with van der Waals surface area (Å²) >= 11 is 0. The van der Waals surface area contributed by atoms with Gasteiger partial charge in [-0.2, -0.15) is 0 Å². The Morgan fingerprint density at radius 1 is 1.17 bits per heavy atom. The van der Waals surface area contributed by atoms with Gasteiger partial charge in [-0.15, -0.1) is 0 Å². The van der Waals surface area contributed by atoms with Crippen molar-refractivity contribution >= 4 is 8.32 Å². The number of benzene rings is 1. The summed E-state index contributed by atoms with van der Waals surface area (Å²) in [5.41, 5.74) is 3.36. The molecule has 5 rings (SSSR count). The summed E-state index contributed by atoms with van der Waals surface area (Å²) in [4.78, 5) is 0. The molecule has 30 heavy (non-hydrogen) atoms. The van der Waals surface area contributed by atoms with Gasteiger partial charge < -0.3 is 14.3 Å². The molecule has 1 heterocycles. The number of aliphatic hydroxyl groups is 1. The van der Waals surface area contributed by atoms with Crippen molar-refractivity contribution in [1.82, 2.24) is 0 Å². The van der Waals surface area contributed by atoms with Crippen LogP contribution in [0, 0.1) is 17.3 Å². The molecule has 4 heteroatoms. The number of aliphatic hydroxyl groups excluding tert-OH is 1. The molecule has 1 aliphatic heterocycles. The summed E-state index contributed by atoms with van der Waals surface area (Å²) < 4.78 is 12.8. The number of aryl methyl sites for hydroxylation is 1. The van der Waals surface area contributed by atoms with Crippen LogP contribution in [-0.4, -0.2) is 31.7 Å². The number of epoxide rings is 1. The van der Waals surface area contributed by atoms with E-state index in [1.807, 2.05) is 0 Å². The number of hydrogen-bond acceptors (Lipinski definition) is 3. The zero-order chi connectivity index (χ0) is 21.5. The van der Waals surface area contributed by atoms with Crippen LogP contribution in [0.2, 0.25) is 18.1 Å². The molecule has 3 nitrogen and oxygen atoms in total. The highest BCUT2D eigenvalue weighted by Crippen LogP contribution is 2.71. The minimum Gasteiger partial charge on any atom is -0.543 e. The molecule has 1 aromatic carbocycles. The van der Waals surface area contributed by atoms with Crippen molar-refractivity contribution in [2.24, 2.45) is 17.3 Å². The molecule has 0 amide bonds. The SMILES string of the molecule is CC(C)(C)[Si](C)(C)Oc1ccc2c(c1)CC[C@@H]1[C@@H]2CC[C@@]2(C)[C@H]1CC[C@@]21O[C@@H]1CO. The van der Waals surface area contributed by atoms with Crippen molar-refractivity contribution in [1.29, 1.82) is 0 Å². The molecule has 1 aromatic rings. The Balaban J connectivity index is 1.38. The molecular weight excluding hydrogens is 388 g/mol. The average Bonchev–Trinajstić information content (AvgIpc) is 3.32. The third-order valence-corrected chi connectivity index (χ3v) is 14.4. The maximum Gasteiger partial charge on any atom is 0.250 e. The van der Waals surface area contributed by atoms with Crippen LogP contribution < -0.4 is 4.43 Å². The highest BCUT2D eigenvalue weighted by molar-refractivity contribution is 6.74. The summed E-state index contributed by atoms with van der Waals surface area (Å²) in [6.45, 7) is 14.3. The van der Waals surface area contributed by atoms with E-state index in [4.69, 9.17) is 9.16 Å². The zero-order valence-corrected chi connectivity index (χ0v) is 20.8. The molecule has 0 bridgehead atoms. The van der Waals surface area contributed by atoms with E-state index in [1.165, 1.54) is 37.7 Å². The van der Waals surface area contributed by atoms with Crippen LogP contribution in [0.25, 0.3) is 0 Å². The zero-order valence-electron chi connectivity index (χ0n) is 19.8. The summed E-state index contributed by atoms with van der Waals surface area (Å²) in [6.07, 6.45) is 7.48. The highest BCUT2D eigenvalue weighted by atomic mass is 28.4. The fraction of sp³-hybridized carbons (Fsp3) is 0.769. The second kappa shape index (κ2) is 6.58. The molecule has 1 spiro atoms. The van der Waals surface area contributed by atoms with Crippen molar-refractivity contribution in [3.8, 4) is 5.75 Å². The van der Waals surface area contributed by atoms with E-state index in [9.17, 15) is 5.11 Å². The Morgan fingerprint density at radius 2 is 1.93 bits per heavy atom. The lowest BCUT2D eigenvalue weighted by molar-refractivity contribution is 0.0119. The topological polar surface area (TPSA) is 42.0 Å². The minimum absolute atomic E-state index is 0.0153. The van der Waals surface area contributed by atoms with E-state index in [-0.39, 0.29) is 28.8 Å². The Morgan fingerprint density at radius 3 is 2.60 bits per heavy atom. The van der Waals surface area contributed by atoms with Crippen molar-refractivity contribution in [2.45, 2.75) is 102 Å². The number of rotatable bonds is 3. The van der Waals surface area contributed by atoms with Gasteiger partial charge in [0.15, 0.2) is 0 Å². The first-order valence-electron chi connectivity index (χ1n) is 12.1. The molecule has 0 unspecified atom stereocenters. The first-order valence-corrected chi connectivity index (χ1v) is 15.0. The molecule has 0 aromatic heterocycles. The van der Waals surface area contributed by atoms with Gasteiger partial charge in [-0.25, -0.2) is 0 Å². The van der Waals surface area contributed by atoms with Crippen LogP contribution in [0.3, 0.4) is 0 Å². The summed E-state index contributed by atoms with van der Waals surface area (Å²) in [5.74, 6) is 3.28. The van der Waals surface area contributed by atoms with Crippen LogP contribution in [0.15, 0.2) is 18.2 Å². The second-order valence-corrected chi connectivity index (χ2v) is 17.0. The number of ether oxygens (including phenoxy) is 1. The van der Waals surface area contributed by atoms with E-state index in [2.05, 4.69) is 59.0 Å². The Labute approximate surface area is 183 Å². The van der Waals surface area contributed by atoms with Crippen molar-refractivity contribution < 1.29 is 14.3 Å². The predicted octanol–water partition coefficient (Wildman–Crippen LogP) is 6.06. The van der Waals surface area contributed by atoms with Crippen LogP contribution in [0.5, 0.6) is 5.75 Å². The molecule has 6 atom stereocenters. The van der Waals surface area contributed by atoms with E-state index < -0.39 is 8.32 Å². The maximum absolute atomic E-state index is 9.72. The van der Waals surface area contributed by atoms with Gasteiger partial charge in [0.25, 0.3) is 0 Å². The van der Waals surface area contributed by atoms with Crippen LogP contribution >= 0.6 is 0 Å². The Kier molecular flexibility index (Phi) is 4.62. The Bertz CT molecular complexity index is 843. The van der Waals surface area contributed by atoms with Crippen LogP contribution in [-0.2, 0) is 11.2 Å². The first kappa shape index (κ1) is 21.0. The van der Waals surface area contributed by atoms with Crippen molar-refractivity contribution in [3.63, 3.8) is 0 Å². The molecule has 3 aliphatic carbocycles. The lowest BCUT2D eigenvalue weighted by Gasteiger charge is -2.50. The fourth-order valence-corrected chi connectivity index (χ4v) is 8.25. The van der Waals surface area contributed by atoms with Gasteiger partial charge >= 0.3 is 0 Å². The standard InChI is InChI=1S/C26H40O3Si/c1-24(2,3)30(5,6)29-18-8-10-19-17(15-18)7-9-21-20(19)11-13-25(4)22(21)12-14-26(25)23(16-27)28-26/h8,10,15,20-23,27H,7,9,11-14,16H2,1-6H3/t20-,21-,22+,23-,25+,26+/m1/s1. The average molecular weight is 429 g/mol. The maximum atomic E-state index is 9.72. The summed E-state index contributed by atoms with van der Waals surface area (Å²) in [5, 5.41) is 9.94. The first-order chi connectivity index (χ1) is 14.0. The molecule has 166 valence electrons. The van der Waals surface area contributed by atoms with E-state index in [0.717, 1.165) is 24.0 Å². The van der Waals surface area contributed by atoms with Gasteiger partial charge in [-0.1, -0.05) is 33.8 Å².